The van der Waals surface area contributed by atoms with E-state index in [1.165, 1.54) is 29.5 Å². The molecule has 1 saturated carbocycles. The Morgan fingerprint density at radius 3 is 2.52 bits per heavy atom. The fraction of sp³-hybridized carbons (Fsp3) is 0.520. The molecule has 1 aliphatic heterocycles. The highest BCUT2D eigenvalue weighted by Crippen LogP contribution is 2.47. The zero-order chi connectivity index (χ0) is 21.7. The van der Waals surface area contributed by atoms with Gasteiger partial charge in [-0.2, -0.15) is 0 Å². The van der Waals surface area contributed by atoms with E-state index in [1.54, 1.807) is 0 Å². The molecule has 5 rings (SSSR count). The summed E-state index contributed by atoms with van der Waals surface area (Å²) < 4.78 is 23.1. The Kier molecular flexibility index (Phi) is 5.25. The summed E-state index contributed by atoms with van der Waals surface area (Å²) >= 11 is 0. The SMILES string of the molecule is NS(=O)(=O)Cc1cccc(C23CCCC(C2)N(CC2(O)Cc4ccccc4C2)CC3)c1. The first-order valence-corrected chi connectivity index (χ1v) is 13.1. The molecule has 1 heterocycles. The van der Waals surface area contributed by atoms with Gasteiger partial charge in [0, 0.05) is 25.4 Å². The minimum Gasteiger partial charge on any atom is -0.388 e. The van der Waals surface area contributed by atoms with Crippen LogP contribution in [-0.4, -0.2) is 43.2 Å². The van der Waals surface area contributed by atoms with Crippen molar-refractivity contribution in [3.8, 4) is 0 Å². The van der Waals surface area contributed by atoms with Gasteiger partial charge in [-0.05, 0) is 59.9 Å². The molecule has 166 valence electrons. The highest BCUT2D eigenvalue weighted by molar-refractivity contribution is 7.88. The van der Waals surface area contributed by atoms with Crippen LogP contribution in [0.25, 0.3) is 0 Å². The topological polar surface area (TPSA) is 83.6 Å². The number of benzene rings is 2. The molecule has 5 nitrogen and oxygen atoms in total. The van der Waals surface area contributed by atoms with Gasteiger partial charge in [0.05, 0.1) is 11.4 Å². The summed E-state index contributed by atoms with van der Waals surface area (Å²) in [7, 11) is -3.54. The Balaban J connectivity index is 1.32. The molecule has 2 unspecified atom stereocenters. The molecule has 0 radical (unpaired) electrons. The smallest absolute Gasteiger partial charge is 0.213 e. The molecule has 31 heavy (non-hydrogen) atoms. The molecule has 0 amide bonds. The Bertz CT molecular complexity index is 1060. The summed E-state index contributed by atoms with van der Waals surface area (Å²) in [6.45, 7) is 1.70. The maximum absolute atomic E-state index is 11.6. The molecular formula is C25H32N2O3S. The van der Waals surface area contributed by atoms with Crippen molar-refractivity contribution in [2.45, 2.75) is 67.8 Å². The summed E-state index contributed by atoms with van der Waals surface area (Å²) in [6, 6.07) is 16.9. The van der Waals surface area contributed by atoms with Crippen LogP contribution < -0.4 is 5.14 Å². The Hall–Kier alpha value is -1.73. The molecule has 2 bridgehead atoms. The highest BCUT2D eigenvalue weighted by atomic mass is 32.2. The van der Waals surface area contributed by atoms with Crippen molar-refractivity contribution in [1.29, 1.82) is 0 Å². The van der Waals surface area contributed by atoms with Crippen molar-refractivity contribution < 1.29 is 13.5 Å². The van der Waals surface area contributed by atoms with Gasteiger partial charge in [-0.1, -0.05) is 55.0 Å². The van der Waals surface area contributed by atoms with Crippen molar-refractivity contribution in [3.05, 3.63) is 70.8 Å². The first kappa shape index (κ1) is 21.1. The number of nitrogens with two attached hydrogens (primary N) is 1. The van der Waals surface area contributed by atoms with Crippen molar-refractivity contribution in [2.75, 3.05) is 13.1 Å². The lowest BCUT2D eigenvalue weighted by Gasteiger charge is -2.52. The fourth-order valence-corrected chi connectivity index (χ4v) is 7.06. The van der Waals surface area contributed by atoms with Gasteiger partial charge in [-0.25, -0.2) is 13.6 Å². The number of hydrogen-bond acceptors (Lipinski definition) is 4. The predicted octanol–water partition coefficient (Wildman–Crippen LogP) is 2.89. The van der Waals surface area contributed by atoms with E-state index in [0.717, 1.165) is 50.8 Å². The first-order valence-electron chi connectivity index (χ1n) is 11.4. The van der Waals surface area contributed by atoms with Crippen molar-refractivity contribution in [1.82, 2.24) is 4.90 Å². The number of rotatable bonds is 5. The summed E-state index contributed by atoms with van der Waals surface area (Å²) in [5.74, 6) is -0.111. The van der Waals surface area contributed by atoms with Crippen LogP contribution >= 0.6 is 0 Å². The number of β-amino-alcohol motifs (C(OH)–C–C–N with tert-alkyl or cyclic N) is 1. The number of primary sulfonamides is 1. The lowest BCUT2D eigenvalue weighted by molar-refractivity contribution is -0.0328. The third-order valence-electron chi connectivity index (χ3n) is 7.78. The predicted molar refractivity (Wildman–Crippen MR) is 122 cm³/mol. The van der Waals surface area contributed by atoms with Gasteiger partial charge in [0.15, 0.2) is 0 Å². The van der Waals surface area contributed by atoms with Crippen LogP contribution in [0.15, 0.2) is 48.5 Å². The van der Waals surface area contributed by atoms with Gasteiger partial charge >= 0.3 is 0 Å². The van der Waals surface area contributed by atoms with Gasteiger partial charge in [0.25, 0.3) is 0 Å². The van der Waals surface area contributed by atoms with Crippen LogP contribution in [0.5, 0.6) is 0 Å². The van der Waals surface area contributed by atoms with Gasteiger partial charge < -0.3 is 5.11 Å². The molecular weight excluding hydrogens is 408 g/mol. The second-order valence-corrected chi connectivity index (χ2v) is 11.7. The summed E-state index contributed by atoms with van der Waals surface area (Å²) in [6.07, 6.45) is 7.09. The molecule has 1 saturated heterocycles. The van der Waals surface area contributed by atoms with Crippen molar-refractivity contribution >= 4 is 10.0 Å². The molecule has 3 N–H and O–H groups in total. The van der Waals surface area contributed by atoms with E-state index < -0.39 is 15.6 Å². The molecule has 0 aromatic heterocycles. The first-order chi connectivity index (χ1) is 14.7. The summed E-state index contributed by atoms with van der Waals surface area (Å²) in [5.41, 5.74) is 4.03. The van der Waals surface area contributed by atoms with E-state index in [0.29, 0.717) is 6.04 Å². The molecule has 2 atom stereocenters. The third-order valence-corrected chi connectivity index (χ3v) is 8.51. The van der Waals surface area contributed by atoms with Gasteiger partial charge in [0.2, 0.25) is 10.0 Å². The Morgan fingerprint density at radius 1 is 1.06 bits per heavy atom. The number of sulfonamides is 1. The van der Waals surface area contributed by atoms with Gasteiger partial charge in [-0.3, -0.25) is 4.90 Å². The zero-order valence-electron chi connectivity index (χ0n) is 18.0. The van der Waals surface area contributed by atoms with E-state index >= 15 is 0 Å². The number of likely N-dealkylation sites (tertiary alicyclic amines) is 1. The van der Waals surface area contributed by atoms with E-state index in [9.17, 15) is 13.5 Å². The lowest BCUT2D eigenvalue weighted by Crippen LogP contribution is -2.56. The minimum atomic E-state index is -3.54. The normalized spacial score (nSPS) is 27.7. The number of nitrogens with zero attached hydrogens (tertiary/aromatic N) is 1. The fourth-order valence-electron chi connectivity index (χ4n) is 6.41. The number of aliphatic hydroxyl groups is 1. The van der Waals surface area contributed by atoms with E-state index in [2.05, 4.69) is 41.3 Å². The van der Waals surface area contributed by atoms with Crippen LogP contribution in [-0.2, 0) is 34.0 Å². The Morgan fingerprint density at radius 2 is 1.81 bits per heavy atom. The number of hydrogen-bond donors (Lipinski definition) is 2. The van der Waals surface area contributed by atoms with Gasteiger partial charge in [0.1, 0.15) is 0 Å². The average Bonchev–Trinajstić information content (AvgIpc) is 3.05. The number of fused-ring (bicyclic) bond motifs is 3. The zero-order valence-corrected chi connectivity index (χ0v) is 18.8. The minimum absolute atomic E-state index is 0.106. The summed E-state index contributed by atoms with van der Waals surface area (Å²) in [4.78, 5) is 2.53. The molecule has 2 aliphatic carbocycles. The van der Waals surface area contributed by atoms with Gasteiger partial charge in [-0.15, -0.1) is 0 Å². The number of piperidine rings is 1. The lowest BCUT2D eigenvalue weighted by atomic mass is 9.63. The maximum atomic E-state index is 11.6. The van der Waals surface area contributed by atoms with Crippen LogP contribution in [0.2, 0.25) is 0 Å². The Labute approximate surface area is 185 Å². The second-order valence-electron chi connectivity index (χ2n) is 10.1. The monoisotopic (exact) mass is 440 g/mol. The molecule has 3 aliphatic rings. The summed E-state index contributed by atoms with van der Waals surface area (Å²) in [5, 5.41) is 16.7. The van der Waals surface area contributed by atoms with E-state index in [1.807, 2.05) is 12.1 Å². The molecule has 6 heteroatoms. The van der Waals surface area contributed by atoms with Crippen LogP contribution in [0.3, 0.4) is 0 Å². The van der Waals surface area contributed by atoms with Crippen LogP contribution in [0, 0.1) is 0 Å². The van der Waals surface area contributed by atoms with E-state index in [4.69, 9.17) is 5.14 Å². The highest BCUT2D eigenvalue weighted by Gasteiger charge is 2.46. The van der Waals surface area contributed by atoms with Crippen molar-refractivity contribution in [2.24, 2.45) is 5.14 Å². The largest absolute Gasteiger partial charge is 0.388 e. The van der Waals surface area contributed by atoms with Crippen LogP contribution in [0.4, 0.5) is 0 Å². The molecule has 2 aromatic carbocycles. The average molecular weight is 441 g/mol. The third kappa shape index (κ3) is 4.31. The molecule has 2 aromatic rings. The standard InChI is InChI=1S/C25H32N2O3S/c26-31(29,30)17-19-5-3-8-22(13-19)24-10-4-9-23(16-24)27(12-11-24)18-25(28)14-20-6-1-2-7-21(20)15-25/h1-3,5-8,13,23,28H,4,9-12,14-18H2,(H2,26,29,30). The van der Waals surface area contributed by atoms with Crippen molar-refractivity contribution in [3.63, 3.8) is 0 Å². The quantitative estimate of drug-likeness (QED) is 0.749. The van der Waals surface area contributed by atoms with E-state index in [-0.39, 0.29) is 11.2 Å². The second kappa shape index (κ2) is 7.69. The molecule has 2 fully saturated rings. The van der Waals surface area contributed by atoms with Crippen LogP contribution in [0.1, 0.15) is 54.4 Å². The maximum Gasteiger partial charge on any atom is 0.213 e. The molecule has 0 spiro atoms.